The average molecular weight is 410 g/mol. The standard InChI is InChI=1S/C17H23FN6O3S/c1-10(2)9-23-14(21-22-17(23)28-3)5-4-6-20-16(25)12-7-11(18)8-13(15(12)19)24(26)27/h7-8,10H,4-6,9,19H2,1-3H3,(H,20,25). The van der Waals surface area contributed by atoms with E-state index in [0.717, 1.165) is 23.6 Å². The van der Waals surface area contributed by atoms with E-state index in [9.17, 15) is 19.3 Å². The molecular weight excluding hydrogens is 387 g/mol. The zero-order chi connectivity index (χ0) is 20.8. The highest BCUT2D eigenvalue weighted by Gasteiger charge is 2.21. The van der Waals surface area contributed by atoms with Crippen molar-refractivity contribution in [3.63, 3.8) is 0 Å². The number of rotatable bonds is 9. The maximum absolute atomic E-state index is 13.6. The fraction of sp³-hybridized carbons (Fsp3) is 0.471. The van der Waals surface area contributed by atoms with Gasteiger partial charge < -0.3 is 15.6 Å². The molecular formula is C17H23FN6O3S. The lowest BCUT2D eigenvalue weighted by Crippen LogP contribution is -2.26. The Morgan fingerprint density at radius 3 is 2.75 bits per heavy atom. The minimum atomic E-state index is -0.891. The second kappa shape index (κ2) is 9.49. The van der Waals surface area contributed by atoms with Crippen molar-refractivity contribution in [1.29, 1.82) is 0 Å². The van der Waals surface area contributed by atoms with Crippen molar-refractivity contribution < 1.29 is 14.1 Å². The summed E-state index contributed by atoms with van der Waals surface area (Å²) in [4.78, 5) is 22.3. The average Bonchev–Trinajstić information content (AvgIpc) is 3.00. The molecule has 152 valence electrons. The summed E-state index contributed by atoms with van der Waals surface area (Å²) in [5, 5.41) is 22.7. The van der Waals surface area contributed by atoms with Crippen molar-refractivity contribution in [2.45, 2.75) is 38.4 Å². The molecule has 0 aliphatic heterocycles. The number of nitrogens with two attached hydrogens (primary N) is 1. The van der Waals surface area contributed by atoms with Gasteiger partial charge >= 0.3 is 0 Å². The van der Waals surface area contributed by atoms with Crippen LogP contribution in [0.4, 0.5) is 15.8 Å². The van der Waals surface area contributed by atoms with Crippen LogP contribution in [0.15, 0.2) is 17.3 Å². The zero-order valence-corrected chi connectivity index (χ0v) is 16.8. The van der Waals surface area contributed by atoms with Gasteiger partial charge in [0, 0.05) is 19.5 Å². The summed E-state index contributed by atoms with van der Waals surface area (Å²) in [6.45, 7) is 5.30. The van der Waals surface area contributed by atoms with Crippen LogP contribution in [0.2, 0.25) is 0 Å². The Balaban J connectivity index is 1.99. The third-order valence-corrected chi connectivity index (χ3v) is 4.62. The van der Waals surface area contributed by atoms with Gasteiger partial charge in [-0.15, -0.1) is 10.2 Å². The number of nitro benzene ring substituents is 1. The molecule has 0 aliphatic rings. The van der Waals surface area contributed by atoms with Gasteiger partial charge in [0.15, 0.2) is 5.16 Å². The highest BCUT2D eigenvalue weighted by Crippen LogP contribution is 2.26. The van der Waals surface area contributed by atoms with E-state index in [4.69, 9.17) is 5.73 Å². The summed E-state index contributed by atoms with van der Waals surface area (Å²) >= 11 is 1.52. The first kappa shape index (κ1) is 21.6. The number of amides is 1. The molecule has 3 N–H and O–H groups in total. The van der Waals surface area contributed by atoms with Gasteiger partial charge in [0.1, 0.15) is 17.3 Å². The monoisotopic (exact) mass is 410 g/mol. The van der Waals surface area contributed by atoms with E-state index in [2.05, 4.69) is 33.9 Å². The molecule has 0 atom stereocenters. The molecule has 1 heterocycles. The number of nitrogens with zero attached hydrogens (tertiary/aromatic N) is 4. The maximum Gasteiger partial charge on any atom is 0.295 e. The summed E-state index contributed by atoms with van der Waals surface area (Å²) in [6.07, 6.45) is 3.11. The predicted octanol–water partition coefficient (Wildman–Crippen LogP) is 2.65. The Hall–Kier alpha value is -2.69. The number of aryl methyl sites for hydroxylation is 1. The minimum Gasteiger partial charge on any atom is -0.393 e. The largest absolute Gasteiger partial charge is 0.393 e. The highest BCUT2D eigenvalue weighted by molar-refractivity contribution is 7.98. The van der Waals surface area contributed by atoms with Crippen LogP contribution in [0.5, 0.6) is 0 Å². The smallest absolute Gasteiger partial charge is 0.295 e. The van der Waals surface area contributed by atoms with Crippen LogP contribution < -0.4 is 11.1 Å². The molecule has 0 fully saturated rings. The molecule has 0 unspecified atom stereocenters. The zero-order valence-electron chi connectivity index (χ0n) is 15.9. The lowest BCUT2D eigenvalue weighted by atomic mass is 10.1. The molecule has 1 aromatic heterocycles. The quantitative estimate of drug-likeness (QED) is 0.214. The van der Waals surface area contributed by atoms with Gasteiger partial charge in [-0.25, -0.2) is 4.39 Å². The normalized spacial score (nSPS) is 11.0. The SMILES string of the molecule is CSc1nnc(CCCNC(=O)c2cc(F)cc([N+](=O)[O-])c2N)n1CC(C)C. The second-order valence-corrected chi connectivity index (χ2v) is 7.38. The Morgan fingerprint density at radius 2 is 2.14 bits per heavy atom. The predicted molar refractivity (Wildman–Crippen MR) is 105 cm³/mol. The van der Waals surface area contributed by atoms with Crippen LogP contribution >= 0.6 is 11.8 Å². The third kappa shape index (κ3) is 5.18. The number of nitrogens with one attached hydrogen (secondary N) is 1. The number of carbonyl (C=O) groups is 1. The van der Waals surface area contributed by atoms with Gasteiger partial charge in [0.2, 0.25) is 0 Å². The van der Waals surface area contributed by atoms with Crippen LogP contribution in [0.3, 0.4) is 0 Å². The van der Waals surface area contributed by atoms with Gasteiger partial charge in [-0.2, -0.15) is 0 Å². The van der Waals surface area contributed by atoms with Crippen LogP contribution in [0.1, 0.15) is 36.5 Å². The number of carbonyl (C=O) groups excluding carboxylic acids is 1. The van der Waals surface area contributed by atoms with E-state index in [1.54, 1.807) is 0 Å². The maximum atomic E-state index is 13.6. The van der Waals surface area contributed by atoms with Crippen molar-refractivity contribution in [1.82, 2.24) is 20.1 Å². The van der Waals surface area contributed by atoms with Crippen molar-refractivity contribution in [3.8, 4) is 0 Å². The number of hydrogen-bond acceptors (Lipinski definition) is 7. The number of aromatic nitrogens is 3. The van der Waals surface area contributed by atoms with E-state index < -0.39 is 22.3 Å². The summed E-state index contributed by atoms with van der Waals surface area (Å²) in [7, 11) is 0. The van der Waals surface area contributed by atoms with Crippen molar-refractivity contribution >= 4 is 29.0 Å². The van der Waals surface area contributed by atoms with Crippen molar-refractivity contribution in [2.24, 2.45) is 5.92 Å². The highest BCUT2D eigenvalue weighted by atomic mass is 32.2. The molecule has 11 heteroatoms. The van der Waals surface area contributed by atoms with Gasteiger partial charge in [-0.3, -0.25) is 14.9 Å². The Bertz CT molecular complexity index is 871. The van der Waals surface area contributed by atoms with Crippen LogP contribution in [-0.4, -0.2) is 38.4 Å². The van der Waals surface area contributed by atoms with Crippen LogP contribution in [0.25, 0.3) is 0 Å². The molecule has 1 aromatic carbocycles. The molecule has 9 nitrogen and oxygen atoms in total. The van der Waals surface area contributed by atoms with Crippen LogP contribution in [0, 0.1) is 21.8 Å². The first-order valence-electron chi connectivity index (χ1n) is 8.72. The first-order valence-corrected chi connectivity index (χ1v) is 9.94. The van der Waals surface area contributed by atoms with Gasteiger partial charge in [0.05, 0.1) is 16.6 Å². The van der Waals surface area contributed by atoms with Gasteiger partial charge in [-0.1, -0.05) is 25.6 Å². The molecule has 2 rings (SSSR count). The van der Waals surface area contributed by atoms with Crippen molar-refractivity contribution in [2.75, 3.05) is 18.5 Å². The molecule has 0 spiro atoms. The number of thioether (sulfide) groups is 1. The molecule has 0 bridgehead atoms. The first-order chi connectivity index (χ1) is 13.2. The Kier molecular flexibility index (Phi) is 7.32. The fourth-order valence-corrected chi connectivity index (χ4v) is 3.21. The van der Waals surface area contributed by atoms with Crippen molar-refractivity contribution in [3.05, 3.63) is 39.5 Å². The number of hydrogen-bond donors (Lipinski definition) is 2. The summed E-state index contributed by atoms with van der Waals surface area (Å²) < 4.78 is 15.6. The Morgan fingerprint density at radius 1 is 1.43 bits per heavy atom. The molecule has 1 amide bonds. The summed E-state index contributed by atoms with van der Waals surface area (Å²) in [5.41, 5.74) is 4.41. The van der Waals surface area contributed by atoms with Crippen LogP contribution in [-0.2, 0) is 13.0 Å². The number of benzene rings is 1. The second-order valence-electron chi connectivity index (χ2n) is 6.61. The van der Waals surface area contributed by atoms with Gasteiger partial charge in [-0.05, 0) is 24.7 Å². The van der Waals surface area contributed by atoms with Gasteiger partial charge in [0.25, 0.3) is 11.6 Å². The molecule has 2 aromatic rings. The lowest BCUT2D eigenvalue weighted by Gasteiger charge is -2.12. The van der Waals surface area contributed by atoms with E-state index in [-0.39, 0.29) is 17.8 Å². The van der Waals surface area contributed by atoms with E-state index in [0.29, 0.717) is 24.8 Å². The van der Waals surface area contributed by atoms with E-state index >= 15 is 0 Å². The molecule has 0 radical (unpaired) electrons. The number of nitrogen functional groups attached to an aromatic ring is 1. The summed E-state index contributed by atoms with van der Waals surface area (Å²) in [5.74, 6) is -0.286. The molecule has 0 saturated carbocycles. The molecule has 0 saturated heterocycles. The lowest BCUT2D eigenvalue weighted by molar-refractivity contribution is -0.384. The Labute approximate surface area is 166 Å². The number of halogens is 1. The summed E-state index contributed by atoms with van der Waals surface area (Å²) in [6, 6.07) is 1.58. The molecule has 0 aliphatic carbocycles. The fourth-order valence-electron chi connectivity index (χ4n) is 2.69. The van der Waals surface area contributed by atoms with E-state index in [1.165, 1.54) is 11.8 Å². The topological polar surface area (TPSA) is 129 Å². The molecule has 28 heavy (non-hydrogen) atoms. The minimum absolute atomic E-state index is 0.251. The van der Waals surface area contributed by atoms with E-state index in [1.807, 2.05) is 6.26 Å². The third-order valence-electron chi connectivity index (χ3n) is 3.95. The number of anilines is 1. The number of nitro groups is 1.